The molecule has 0 fully saturated rings. The van der Waals surface area contributed by atoms with Crippen molar-refractivity contribution in [2.75, 3.05) is 19.9 Å². The third kappa shape index (κ3) is 3.94. The van der Waals surface area contributed by atoms with E-state index in [1.807, 2.05) is 31.3 Å². The predicted molar refractivity (Wildman–Crippen MR) is 67.4 cm³/mol. The maximum Gasteiger partial charge on any atom is 0.120 e. The second-order valence-electron chi connectivity index (χ2n) is 3.71. The number of hydrogen-bond acceptors (Lipinski definition) is 3. The molecule has 1 N–H and O–H groups in total. The van der Waals surface area contributed by atoms with Crippen LogP contribution >= 0.6 is 0 Å². The molecule has 0 spiro atoms. The number of rotatable bonds is 6. The molecule has 16 heavy (non-hydrogen) atoms. The first-order chi connectivity index (χ1) is 7.67. The van der Waals surface area contributed by atoms with Crippen LogP contribution in [0.4, 0.5) is 0 Å². The molecule has 0 saturated heterocycles. The predicted octanol–water partition coefficient (Wildman–Crippen LogP) is 1.80. The largest absolute Gasteiger partial charge is 0.497 e. The van der Waals surface area contributed by atoms with Crippen molar-refractivity contribution in [3.8, 4) is 5.75 Å². The molecule has 2 unspecified atom stereocenters. The van der Waals surface area contributed by atoms with Gasteiger partial charge in [-0.3, -0.25) is 4.21 Å². The molecule has 0 heterocycles. The van der Waals surface area contributed by atoms with Gasteiger partial charge in [0.1, 0.15) is 5.75 Å². The number of hydrogen-bond donors (Lipinski definition) is 1. The lowest BCUT2D eigenvalue weighted by Gasteiger charge is -2.09. The minimum Gasteiger partial charge on any atom is -0.497 e. The van der Waals surface area contributed by atoms with Crippen molar-refractivity contribution in [1.29, 1.82) is 0 Å². The molecule has 0 aliphatic carbocycles. The molecule has 0 saturated carbocycles. The molecule has 0 aliphatic rings. The summed E-state index contributed by atoms with van der Waals surface area (Å²) < 4.78 is 17.1. The molecule has 1 aromatic rings. The third-order valence-electron chi connectivity index (χ3n) is 2.53. The molecule has 0 aromatic heterocycles. The summed E-state index contributed by atoms with van der Waals surface area (Å²) in [5.74, 6) is 1.43. The van der Waals surface area contributed by atoms with Gasteiger partial charge in [0, 0.05) is 16.7 Å². The molecule has 1 rings (SSSR count). The molecule has 0 bridgehead atoms. The Morgan fingerprint density at radius 2 is 2.25 bits per heavy atom. The lowest BCUT2D eigenvalue weighted by Crippen LogP contribution is -2.23. The van der Waals surface area contributed by atoms with Gasteiger partial charge in [-0.25, -0.2) is 0 Å². The van der Waals surface area contributed by atoms with Crippen LogP contribution in [0.1, 0.15) is 13.3 Å². The van der Waals surface area contributed by atoms with Gasteiger partial charge in [0.05, 0.1) is 17.9 Å². The van der Waals surface area contributed by atoms with E-state index in [0.717, 1.165) is 17.1 Å². The summed E-state index contributed by atoms with van der Waals surface area (Å²) in [4.78, 5) is 0.836. The van der Waals surface area contributed by atoms with Crippen LogP contribution in [-0.4, -0.2) is 30.2 Å². The van der Waals surface area contributed by atoms with Crippen LogP contribution < -0.4 is 10.1 Å². The lowest BCUT2D eigenvalue weighted by molar-refractivity contribution is 0.413. The number of methoxy groups -OCH3 is 1. The Morgan fingerprint density at radius 3 is 2.88 bits per heavy atom. The van der Waals surface area contributed by atoms with Crippen LogP contribution in [0, 0.1) is 0 Å². The van der Waals surface area contributed by atoms with Crippen molar-refractivity contribution in [3.05, 3.63) is 24.3 Å². The van der Waals surface area contributed by atoms with E-state index < -0.39 is 10.8 Å². The normalized spacial score (nSPS) is 14.4. The summed E-state index contributed by atoms with van der Waals surface area (Å²) in [6.45, 7) is 2.09. The second kappa shape index (κ2) is 6.66. The van der Waals surface area contributed by atoms with E-state index in [1.165, 1.54) is 0 Å². The van der Waals surface area contributed by atoms with E-state index in [1.54, 1.807) is 7.11 Å². The fourth-order valence-corrected chi connectivity index (χ4v) is 2.57. The van der Waals surface area contributed by atoms with Crippen LogP contribution in [0.15, 0.2) is 29.2 Å². The van der Waals surface area contributed by atoms with Gasteiger partial charge < -0.3 is 10.1 Å². The minimum atomic E-state index is -0.937. The Bertz CT molecular complexity index is 355. The highest BCUT2D eigenvalue weighted by atomic mass is 32.2. The van der Waals surface area contributed by atoms with Crippen molar-refractivity contribution < 1.29 is 8.95 Å². The summed E-state index contributed by atoms with van der Waals surface area (Å²) in [7, 11) is 2.59. The summed E-state index contributed by atoms with van der Waals surface area (Å²) in [5.41, 5.74) is 0. The number of nitrogens with one attached hydrogen (secondary N) is 1. The SMILES string of the molecule is CNC(C)CCS(=O)c1cccc(OC)c1. The van der Waals surface area contributed by atoms with E-state index in [9.17, 15) is 4.21 Å². The maximum absolute atomic E-state index is 12.0. The molecule has 3 nitrogen and oxygen atoms in total. The molecular weight excluding hydrogens is 222 g/mol. The highest BCUT2D eigenvalue weighted by molar-refractivity contribution is 7.85. The van der Waals surface area contributed by atoms with Crippen molar-refractivity contribution in [1.82, 2.24) is 5.32 Å². The third-order valence-corrected chi connectivity index (χ3v) is 3.92. The van der Waals surface area contributed by atoms with Crippen LogP contribution in [-0.2, 0) is 10.8 Å². The van der Waals surface area contributed by atoms with E-state index in [4.69, 9.17) is 4.74 Å². The van der Waals surface area contributed by atoms with Gasteiger partial charge in [-0.2, -0.15) is 0 Å². The number of benzene rings is 1. The van der Waals surface area contributed by atoms with Gasteiger partial charge in [0.2, 0.25) is 0 Å². The molecule has 90 valence electrons. The molecule has 4 heteroatoms. The number of ether oxygens (including phenoxy) is 1. The zero-order chi connectivity index (χ0) is 12.0. The first-order valence-corrected chi connectivity index (χ1v) is 6.69. The van der Waals surface area contributed by atoms with E-state index in [0.29, 0.717) is 11.8 Å². The summed E-state index contributed by atoms with van der Waals surface area (Å²) in [6, 6.07) is 7.84. The first kappa shape index (κ1) is 13.2. The van der Waals surface area contributed by atoms with Crippen LogP contribution in [0.5, 0.6) is 5.75 Å². The topological polar surface area (TPSA) is 38.3 Å². The van der Waals surface area contributed by atoms with Crippen LogP contribution in [0.3, 0.4) is 0 Å². The minimum absolute atomic E-state index is 0.398. The molecule has 0 amide bonds. The molecular formula is C12H19NO2S. The lowest BCUT2D eigenvalue weighted by atomic mass is 10.3. The Balaban J connectivity index is 2.58. The first-order valence-electron chi connectivity index (χ1n) is 5.37. The average molecular weight is 241 g/mol. The van der Waals surface area contributed by atoms with Crippen molar-refractivity contribution in [2.45, 2.75) is 24.3 Å². The zero-order valence-electron chi connectivity index (χ0n) is 10.0. The van der Waals surface area contributed by atoms with Crippen molar-refractivity contribution >= 4 is 10.8 Å². The Kier molecular flexibility index (Phi) is 5.49. The van der Waals surface area contributed by atoms with E-state index >= 15 is 0 Å². The van der Waals surface area contributed by atoms with E-state index in [-0.39, 0.29) is 0 Å². The van der Waals surface area contributed by atoms with Crippen LogP contribution in [0.25, 0.3) is 0 Å². The Hall–Kier alpha value is -0.870. The zero-order valence-corrected chi connectivity index (χ0v) is 10.8. The Morgan fingerprint density at radius 1 is 1.50 bits per heavy atom. The average Bonchev–Trinajstić information content (AvgIpc) is 2.35. The highest BCUT2D eigenvalue weighted by Crippen LogP contribution is 2.16. The molecule has 1 aromatic carbocycles. The van der Waals surface area contributed by atoms with Crippen LogP contribution in [0.2, 0.25) is 0 Å². The van der Waals surface area contributed by atoms with Gasteiger partial charge in [0.25, 0.3) is 0 Å². The fraction of sp³-hybridized carbons (Fsp3) is 0.500. The second-order valence-corrected chi connectivity index (χ2v) is 5.28. The van der Waals surface area contributed by atoms with Crippen molar-refractivity contribution in [3.63, 3.8) is 0 Å². The molecule has 0 aliphatic heterocycles. The van der Waals surface area contributed by atoms with E-state index in [2.05, 4.69) is 12.2 Å². The van der Waals surface area contributed by atoms with Gasteiger partial charge in [-0.15, -0.1) is 0 Å². The summed E-state index contributed by atoms with van der Waals surface area (Å²) >= 11 is 0. The maximum atomic E-state index is 12.0. The standard InChI is InChI=1S/C12H19NO2S/c1-10(13-2)7-8-16(14)12-6-4-5-11(9-12)15-3/h4-6,9-10,13H,7-8H2,1-3H3. The fourth-order valence-electron chi connectivity index (χ4n) is 1.29. The van der Waals surface area contributed by atoms with Crippen molar-refractivity contribution in [2.24, 2.45) is 0 Å². The van der Waals surface area contributed by atoms with Gasteiger partial charge in [-0.05, 0) is 38.6 Å². The van der Waals surface area contributed by atoms with Gasteiger partial charge in [0.15, 0.2) is 0 Å². The summed E-state index contributed by atoms with van der Waals surface area (Å²) in [5, 5.41) is 3.14. The smallest absolute Gasteiger partial charge is 0.120 e. The van der Waals surface area contributed by atoms with Gasteiger partial charge >= 0.3 is 0 Å². The summed E-state index contributed by atoms with van der Waals surface area (Å²) in [6.07, 6.45) is 0.903. The molecule has 2 atom stereocenters. The highest BCUT2D eigenvalue weighted by Gasteiger charge is 2.07. The molecule has 0 radical (unpaired) electrons. The monoisotopic (exact) mass is 241 g/mol. The van der Waals surface area contributed by atoms with Gasteiger partial charge in [-0.1, -0.05) is 6.07 Å². The quantitative estimate of drug-likeness (QED) is 0.825. The Labute approximate surface area is 99.7 Å².